The van der Waals surface area contributed by atoms with Crippen LogP contribution in [0.5, 0.6) is 0 Å². The average Bonchev–Trinajstić information content (AvgIpc) is 2.55. The molecule has 23 heavy (non-hydrogen) atoms. The van der Waals surface area contributed by atoms with E-state index in [0.29, 0.717) is 0 Å². The highest BCUT2D eigenvalue weighted by Gasteiger charge is 2.08. The molecule has 0 unspecified atom stereocenters. The van der Waals surface area contributed by atoms with E-state index < -0.39 is 0 Å². The molecule has 112 valence electrons. The molecule has 2 aliphatic rings. The molecule has 2 aromatic rings. The maximum Gasteiger partial charge on any atom is 0.180 e. The lowest BCUT2D eigenvalue weighted by Gasteiger charge is -2.07. The van der Waals surface area contributed by atoms with Crippen LogP contribution in [0.2, 0.25) is 0 Å². The Balaban J connectivity index is 1.77. The van der Waals surface area contributed by atoms with Gasteiger partial charge in [0.1, 0.15) is 0 Å². The van der Waals surface area contributed by atoms with Crippen LogP contribution in [0.3, 0.4) is 0 Å². The minimum atomic E-state index is 0.0279. The molecule has 0 radical (unpaired) electrons. The van der Waals surface area contributed by atoms with Crippen molar-refractivity contribution in [3.05, 3.63) is 76.5 Å². The summed E-state index contributed by atoms with van der Waals surface area (Å²) in [5.74, 6) is 0. The fourth-order valence-electron chi connectivity index (χ4n) is 2.39. The Morgan fingerprint density at radius 1 is 0.913 bits per heavy atom. The van der Waals surface area contributed by atoms with Crippen LogP contribution < -0.4 is 5.43 Å². The largest absolute Gasteiger partial charge is 0.290 e. The van der Waals surface area contributed by atoms with Crippen LogP contribution in [-0.4, -0.2) is 4.98 Å². The third-order valence-electron chi connectivity index (χ3n) is 3.58. The Morgan fingerprint density at radius 3 is 2.52 bits per heavy atom. The number of rotatable bonds is 2. The smallest absolute Gasteiger partial charge is 0.180 e. The van der Waals surface area contributed by atoms with Gasteiger partial charge in [0.15, 0.2) is 5.43 Å². The molecule has 1 aliphatic carbocycles. The highest BCUT2D eigenvalue weighted by atomic mass is 32.2. The van der Waals surface area contributed by atoms with Gasteiger partial charge in [-0.1, -0.05) is 29.5 Å². The van der Waals surface area contributed by atoms with Crippen LogP contribution in [0.25, 0.3) is 20.8 Å². The van der Waals surface area contributed by atoms with Crippen molar-refractivity contribution < 1.29 is 0 Å². The summed E-state index contributed by atoms with van der Waals surface area (Å²) in [6, 6.07) is 19.8. The predicted octanol–water partition coefficient (Wildman–Crippen LogP) is 5.22. The third kappa shape index (κ3) is 3.00. The van der Waals surface area contributed by atoms with Gasteiger partial charge in [-0.05, 0) is 49.4 Å². The van der Waals surface area contributed by atoms with Crippen LogP contribution in [0.1, 0.15) is 5.56 Å². The van der Waals surface area contributed by atoms with Crippen molar-refractivity contribution in [1.29, 1.82) is 0 Å². The van der Waals surface area contributed by atoms with E-state index in [0.717, 1.165) is 20.8 Å². The molecule has 0 saturated heterocycles. The Morgan fingerprint density at radius 2 is 1.70 bits per heavy atom. The van der Waals surface area contributed by atoms with E-state index >= 15 is 0 Å². The topological polar surface area (TPSA) is 30.0 Å². The molecule has 0 fully saturated rings. The maximum atomic E-state index is 11.5. The van der Waals surface area contributed by atoms with Gasteiger partial charge in [0.25, 0.3) is 0 Å². The maximum absolute atomic E-state index is 11.5. The van der Waals surface area contributed by atoms with Gasteiger partial charge < -0.3 is 0 Å². The molecule has 2 aromatic carbocycles. The molecule has 0 spiro atoms. The van der Waals surface area contributed by atoms with Gasteiger partial charge in [0.05, 0.1) is 20.8 Å². The van der Waals surface area contributed by atoms with Crippen molar-refractivity contribution in [1.82, 2.24) is 4.98 Å². The quantitative estimate of drug-likeness (QED) is 0.470. The van der Waals surface area contributed by atoms with E-state index in [2.05, 4.69) is 48.3 Å². The molecule has 0 N–H and O–H groups in total. The Bertz CT molecular complexity index is 1020. The van der Waals surface area contributed by atoms with E-state index in [1.807, 2.05) is 6.07 Å². The van der Waals surface area contributed by atoms with Crippen molar-refractivity contribution in [2.75, 3.05) is 0 Å². The molecule has 0 aromatic heterocycles. The Hall–Kier alpha value is -2.17. The first-order valence-corrected chi connectivity index (χ1v) is 8.90. The second-order valence-corrected chi connectivity index (χ2v) is 7.62. The molecule has 0 saturated carbocycles. The number of nitrogens with zero attached hydrogens (tertiary/aromatic N) is 1. The number of aryl methyl sites for hydroxylation is 1. The highest BCUT2D eigenvalue weighted by Crippen LogP contribution is 2.34. The zero-order valence-electron chi connectivity index (χ0n) is 12.4. The van der Waals surface area contributed by atoms with Crippen LogP contribution in [0.15, 0.2) is 75.2 Å². The molecule has 0 atom stereocenters. The summed E-state index contributed by atoms with van der Waals surface area (Å²) in [7, 11) is 0. The summed E-state index contributed by atoms with van der Waals surface area (Å²) >= 11 is 3.35. The molecule has 4 rings (SSSR count). The van der Waals surface area contributed by atoms with Crippen LogP contribution in [0.4, 0.5) is 0 Å². The highest BCUT2D eigenvalue weighted by molar-refractivity contribution is 7.99. The first-order valence-electron chi connectivity index (χ1n) is 7.27. The van der Waals surface area contributed by atoms with Gasteiger partial charge in [0, 0.05) is 15.9 Å². The van der Waals surface area contributed by atoms with E-state index in [9.17, 15) is 4.79 Å². The molecule has 2 nitrogen and oxygen atoms in total. The second kappa shape index (κ2) is 5.80. The fourth-order valence-corrected chi connectivity index (χ4v) is 4.36. The van der Waals surface area contributed by atoms with Gasteiger partial charge in [-0.25, -0.2) is 4.98 Å². The standard InChI is InChI=1S/C19H13NOS2/c1-12-2-5-14(6-3-12)22-15-7-9-17-19(11-15)23-18-10-13(21)4-8-16(18)20-17/h2-11H,1H3. The molecular formula is C19H13NOS2. The van der Waals surface area contributed by atoms with E-state index in [-0.39, 0.29) is 5.43 Å². The van der Waals surface area contributed by atoms with Crippen molar-refractivity contribution in [2.45, 2.75) is 16.7 Å². The first-order chi connectivity index (χ1) is 11.2. The van der Waals surface area contributed by atoms with Crippen molar-refractivity contribution >= 4 is 33.3 Å². The summed E-state index contributed by atoms with van der Waals surface area (Å²) < 4.78 is 1.10. The second-order valence-electron chi connectivity index (χ2n) is 5.39. The molecular weight excluding hydrogens is 322 g/mol. The number of fused-ring (bicyclic) bond motifs is 2. The summed E-state index contributed by atoms with van der Waals surface area (Å²) in [6.45, 7) is 2.09. The minimum Gasteiger partial charge on any atom is -0.290 e. The molecule has 1 heterocycles. The SMILES string of the molecule is Cc1ccc(Sc2ccc3nc4ccc(=O)cc-4sc3c2)cc1. The zero-order valence-corrected chi connectivity index (χ0v) is 14.1. The van der Waals surface area contributed by atoms with Crippen molar-refractivity contribution in [3.63, 3.8) is 0 Å². The van der Waals surface area contributed by atoms with Gasteiger partial charge in [-0.15, -0.1) is 11.3 Å². The van der Waals surface area contributed by atoms with E-state index in [1.165, 1.54) is 15.4 Å². The fraction of sp³-hybridized carbons (Fsp3) is 0.0526. The average molecular weight is 335 g/mol. The van der Waals surface area contributed by atoms with Gasteiger partial charge in [-0.3, -0.25) is 4.79 Å². The third-order valence-corrected chi connectivity index (χ3v) is 5.67. The van der Waals surface area contributed by atoms with E-state index in [4.69, 9.17) is 0 Å². The predicted molar refractivity (Wildman–Crippen MR) is 97.8 cm³/mol. The van der Waals surface area contributed by atoms with Crippen LogP contribution in [-0.2, 0) is 0 Å². The van der Waals surface area contributed by atoms with E-state index in [1.54, 1.807) is 41.3 Å². The summed E-state index contributed by atoms with van der Waals surface area (Å²) in [5, 5.41) is 0. The summed E-state index contributed by atoms with van der Waals surface area (Å²) in [5.41, 5.74) is 3.13. The van der Waals surface area contributed by atoms with Crippen LogP contribution in [0, 0.1) is 6.92 Å². The minimum absolute atomic E-state index is 0.0279. The molecule has 0 bridgehead atoms. The van der Waals surface area contributed by atoms with Crippen LogP contribution >= 0.6 is 23.1 Å². The summed E-state index contributed by atoms with van der Waals surface area (Å²) in [6.07, 6.45) is 0. The monoisotopic (exact) mass is 335 g/mol. The number of benzene rings is 3. The number of hydrogen-bond acceptors (Lipinski definition) is 4. The lowest BCUT2D eigenvalue weighted by Crippen LogP contribution is -1.97. The lowest BCUT2D eigenvalue weighted by atomic mass is 10.2. The van der Waals surface area contributed by atoms with Gasteiger partial charge in [0.2, 0.25) is 0 Å². The van der Waals surface area contributed by atoms with Gasteiger partial charge >= 0.3 is 0 Å². The Kier molecular flexibility index (Phi) is 3.63. The van der Waals surface area contributed by atoms with Crippen molar-refractivity contribution in [3.8, 4) is 10.6 Å². The summed E-state index contributed by atoms with van der Waals surface area (Å²) in [4.78, 5) is 19.5. The normalized spacial score (nSPS) is 11.2. The first kappa shape index (κ1) is 14.4. The number of hydrogen-bond donors (Lipinski definition) is 0. The molecule has 1 aliphatic heterocycles. The lowest BCUT2D eigenvalue weighted by molar-refractivity contribution is 1.36. The van der Waals surface area contributed by atoms with Gasteiger partial charge in [-0.2, -0.15) is 0 Å². The van der Waals surface area contributed by atoms with Crippen molar-refractivity contribution in [2.24, 2.45) is 0 Å². The molecule has 4 heteroatoms. The molecule has 0 amide bonds. The zero-order chi connectivity index (χ0) is 15.8. The Labute approximate surface area is 142 Å². The number of aromatic nitrogens is 1.